The van der Waals surface area contributed by atoms with Crippen LogP contribution in [0, 0.1) is 0 Å². The second-order valence-electron chi connectivity index (χ2n) is 8.60. The zero-order chi connectivity index (χ0) is 24.1. The topological polar surface area (TPSA) is 79.0 Å². The lowest BCUT2D eigenvalue weighted by Crippen LogP contribution is -2.34. The number of fused-ring (bicyclic) bond motifs is 1. The molecule has 1 saturated heterocycles. The van der Waals surface area contributed by atoms with Gasteiger partial charge in [-0.05, 0) is 48.9 Å². The van der Waals surface area contributed by atoms with Crippen molar-refractivity contribution in [3.63, 3.8) is 0 Å². The van der Waals surface area contributed by atoms with Gasteiger partial charge in [-0.3, -0.25) is 4.79 Å². The van der Waals surface area contributed by atoms with Crippen molar-refractivity contribution in [1.29, 1.82) is 0 Å². The number of piperidine rings is 1. The molecule has 1 amide bonds. The van der Waals surface area contributed by atoms with Gasteiger partial charge in [-0.25, -0.2) is 12.7 Å². The van der Waals surface area contributed by atoms with Crippen molar-refractivity contribution < 1.29 is 17.9 Å². The zero-order valence-corrected chi connectivity index (χ0v) is 20.5. The van der Waals surface area contributed by atoms with E-state index in [1.165, 1.54) is 20.2 Å². The van der Waals surface area contributed by atoms with E-state index in [9.17, 15) is 13.2 Å². The normalized spacial score (nSPS) is 14.4. The Labute approximate surface area is 201 Å². The van der Waals surface area contributed by atoms with E-state index < -0.39 is 10.0 Å². The average molecular weight is 482 g/mol. The third-order valence-corrected chi connectivity index (χ3v) is 7.89. The van der Waals surface area contributed by atoms with E-state index in [1.807, 2.05) is 42.5 Å². The van der Waals surface area contributed by atoms with Crippen molar-refractivity contribution in [2.75, 3.05) is 45.2 Å². The quantitative estimate of drug-likeness (QED) is 0.494. The van der Waals surface area contributed by atoms with Gasteiger partial charge in [-0.2, -0.15) is 0 Å². The minimum absolute atomic E-state index is 0.107. The molecule has 1 fully saturated rings. The lowest BCUT2D eigenvalue weighted by molar-refractivity contribution is 0.0947. The Morgan fingerprint density at radius 3 is 2.50 bits per heavy atom. The fourth-order valence-corrected chi connectivity index (χ4v) is 5.15. The first-order valence-corrected chi connectivity index (χ1v) is 13.0. The van der Waals surface area contributed by atoms with Crippen LogP contribution in [0.2, 0.25) is 0 Å². The second kappa shape index (κ2) is 10.4. The Balaban J connectivity index is 1.50. The smallest absolute Gasteiger partial charge is 0.253 e. The second-order valence-corrected chi connectivity index (χ2v) is 10.7. The van der Waals surface area contributed by atoms with Gasteiger partial charge in [0.15, 0.2) is 0 Å². The number of rotatable bonds is 8. The molecule has 4 rings (SSSR count). The van der Waals surface area contributed by atoms with Crippen LogP contribution >= 0.6 is 0 Å². The average Bonchev–Trinajstić information content (AvgIpc) is 2.86. The number of sulfonamides is 1. The molecule has 3 aromatic rings. The molecule has 0 radical (unpaired) electrons. The summed E-state index contributed by atoms with van der Waals surface area (Å²) in [4.78, 5) is 15.4. The third-order valence-electron chi connectivity index (χ3n) is 6.08. The van der Waals surface area contributed by atoms with Crippen LogP contribution in [0.3, 0.4) is 0 Å². The number of nitrogens with one attached hydrogen (secondary N) is 1. The Hall–Kier alpha value is -3.10. The van der Waals surface area contributed by atoms with Crippen LogP contribution in [0.25, 0.3) is 10.8 Å². The summed E-state index contributed by atoms with van der Waals surface area (Å²) < 4.78 is 32.4. The largest absolute Gasteiger partial charge is 0.491 e. The Morgan fingerprint density at radius 2 is 1.74 bits per heavy atom. The molecular weight excluding hydrogens is 450 g/mol. The molecule has 34 heavy (non-hydrogen) atoms. The fraction of sp³-hybridized carbons (Fsp3) is 0.346. The van der Waals surface area contributed by atoms with Crippen molar-refractivity contribution in [3.05, 3.63) is 66.2 Å². The summed E-state index contributed by atoms with van der Waals surface area (Å²) in [5.41, 5.74) is 1.14. The molecule has 1 aliphatic rings. The molecule has 0 aliphatic carbocycles. The molecule has 0 spiro atoms. The Morgan fingerprint density at radius 1 is 1.00 bits per heavy atom. The van der Waals surface area contributed by atoms with Gasteiger partial charge in [-0.1, -0.05) is 36.4 Å². The van der Waals surface area contributed by atoms with Crippen molar-refractivity contribution in [3.8, 4) is 5.75 Å². The number of carbonyl (C=O) groups excluding carboxylic acids is 1. The number of ether oxygens (including phenoxy) is 1. The lowest BCUT2D eigenvalue weighted by atomic mass is 10.1. The molecular formula is C26H31N3O4S. The highest BCUT2D eigenvalue weighted by Crippen LogP contribution is 2.28. The molecule has 1 heterocycles. The molecule has 0 unspecified atom stereocenters. The number of nitrogens with zero attached hydrogens (tertiary/aromatic N) is 2. The number of carbonyl (C=O) groups is 1. The summed E-state index contributed by atoms with van der Waals surface area (Å²) >= 11 is 0. The standard InChI is InChI=1S/C26H31N3O4S/c1-28(2)34(31,32)21-13-14-24(29-16-6-3-7-17-29)23(19-21)26(30)27-15-18-33-25-12-8-10-20-9-4-5-11-22(20)25/h4-5,8-14,19H,3,6-7,15-18H2,1-2H3,(H,27,30). The SMILES string of the molecule is CN(C)S(=O)(=O)c1ccc(N2CCCCC2)c(C(=O)NCCOc2cccc3ccccc23)c1. The van der Waals surface area contributed by atoms with Crippen LogP contribution in [0.5, 0.6) is 5.75 Å². The van der Waals surface area contributed by atoms with E-state index in [0.29, 0.717) is 18.7 Å². The van der Waals surface area contributed by atoms with Gasteiger partial charge in [0.25, 0.3) is 5.91 Å². The minimum Gasteiger partial charge on any atom is -0.491 e. The third kappa shape index (κ3) is 5.18. The van der Waals surface area contributed by atoms with Crippen LogP contribution < -0.4 is 15.0 Å². The van der Waals surface area contributed by atoms with E-state index in [4.69, 9.17) is 4.74 Å². The van der Waals surface area contributed by atoms with Crippen molar-refractivity contribution >= 4 is 32.4 Å². The summed E-state index contributed by atoms with van der Waals surface area (Å²) in [7, 11) is -0.684. The zero-order valence-electron chi connectivity index (χ0n) is 19.7. The first-order valence-electron chi connectivity index (χ1n) is 11.6. The molecule has 0 atom stereocenters. The Bertz CT molecular complexity index is 1260. The molecule has 7 nitrogen and oxygen atoms in total. The summed E-state index contributed by atoms with van der Waals surface area (Å²) in [6.45, 7) is 2.30. The highest BCUT2D eigenvalue weighted by Gasteiger charge is 2.24. The van der Waals surface area contributed by atoms with Gasteiger partial charge < -0.3 is 15.0 Å². The van der Waals surface area contributed by atoms with Crippen LogP contribution in [0.4, 0.5) is 5.69 Å². The van der Waals surface area contributed by atoms with Gasteiger partial charge in [0, 0.05) is 38.3 Å². The highest BCUT2D eigenvalue weighted by molar-refractivity contribution is 7.89. The predicted molar refractivity (Wildman–Crippen MR) is 135 cm³/mol. The van der Waals surface area contributed by atoms with E-state index in [2.05, 4.69) is 10.2 Å². The molecule has 0 aromatic heterocycles. The van der Waals surface area contributed by atoms with Gasteiger partial charge in [-0.15, -0.1) is 0 Å². The fourth-order valence-electron chi connectivity index (χ4n) is 4.22. The van der Waals surface area contributed by atoms with E-state index in [1.54, 1.807) is 12.1 Å². The number of benzene rings is 3. The van der Waals surface area contributed by atoms with Crippen LogP contribution in [-0.2, 0) is 10.0 Å². The van der Waals surface area contributed by atoms with E-state index in [-0.39, 0.29) is 10.8 Å². The maximum absolute atomic E-state index is 13.2. The molecule has 180 valence electrons. The summed E-state index contributed by atoms with van der Waals surface area (Å²) in [5, 5.41) is 5.02. The van der Waals surface area contributed by atoms with Crippen LogP contribution in [-0.4, -0.2) is 59.0 Å². The van der Waals surface area contributed by atoms with Gasteiger partial charge >= 0.3 is 0 Å². The van der Waals surface area contributed by atoms with Crippen molar-refractivity contribution in [2.24, 2.45) is 0 Å². The van der Waals surface area contributed by atoms with Gasteiger partial charge in [0.1, 0.15) is 12.4 Å². The van der Waals surface area contributed by atoms with Crippen LogP contribution in [0.1, 0.15) is 29.6 Å². The van der Waals surface area contributed by atoms with E-state index in [0.717, 1.165) is 58.9 Å². The molecule has 1 aliphatic heterocycles. The monoisotopic (exact) mass is 481 g/mol. The van der Waals surface area contributed by atoms with Gasteiger partial charge in [0.05, 0.1) is 17.0 Å². The molecule has 0 saturated carbocycles. The predicted octanol–water partition coefficient (Wildman–Crippen LogP) is 3.89. The summed E-state index contributed by atoms with van der Waals surface area (Å²) in [6.07, 6.45) is 3.27. The molecule has 8 heteroatoms. The maximum Gasteiger partial charge on any atom is 0.253 e. The molecule has 3 aromatic carbocycles. The number of hydrogen-bond donors (Lipinski definition) is 1. The Kier molecular flexibility index (Phi) is 7.38. The molecule has 1 N–H and O–H groups in total. The first-order chi connectivity index (χ1) is 16.4. The van der Waals surface area contributed by atoms with Crippen molar-refractivity contribution in [1.82, 2.24) is 9.62 Å². The minimum atomic E-state index is -3.65. The highest BCUT2D eigenvalue weighted by atomic mass is 32.2. The van der Waals surface area contributed by atoms with E-state index >= 15 is 0 Å². The van der Waals surface area contributed by atoms with Gasteiger partial charge in [0.2, 0.25) is 10.0 Å². The van der Waals surface area contributed by atoms with Crippen LogP contribution in [0.15, 0.2) is 65.6 Å². The maximum atomic E-state index is 13.2. The summed E-state index contributed by atoms with van der Waals surface area (Å²) in [6, 6.07) is 18.7. The molecule has 0 bridgehead atoms. The number of amides is 1. The first kappa shape index (κ1) is 24.0. The number of anilines is 1. The summed E-state index contributed by atoms with van der Waals surface area (Å²) in [5.74, 6) is 0.457. The lowest BCUT2D eigenvalue weighted by Gasteiger charge is -2.30. The number of hydrogen-bond acceptors (Lipinski definition) is 5. The van der Waals surface area contributed by atoms with Crippen molar-refractivity contribution in [2.45, 2.75) is 24.2 Å².